The first-order chi connectivity index (χ1) is 18.0. The van der Waals surface area contributed by atoms with Crippen LogP contribution in [0.2, 0.25) is 5.02 Å². The number of aryl methyl sites for hydroxylation is 1. The van der Waals surface area contributed by atoms with Crippen molar-refractivity contribution in [2.24, 2.45) is 0 Å². The van der Waals surface area contributed by atoms with E-state index in [0.717, 1.165) is 11.6 Å². The van der Waals surface area contributed by atoms with E-state index in [0.29, 0.717) is 23.7 Å². The first-order valence-electron chi connectivity index (χ1n) is 11.4. The van der Waals surface area contributed by atoms with Gasteiger partial charge < -0.3 is 15.4 Å². The van der Waals surface area contributed by atoms with E-state index in [1.165, 1.54) is 24.8 Å². The highest BCUT2D eigenvalue weighted by atomic mass is 35.5. The van der Waals surface area contributed by atoms with Gasteiger partial charge in [0.25, 0.3) is 0 Å². The molecule has 0 fully saturated rings. The molecule has 5 rings (SSSR count). The van der Waals surface area contributed by atoms with Crippen LogP contribution in [0.1, 0.15) is 29.7 Å². The van der Waals surface area contributed by atoms with Crippen molar-refractivity contribution in [2.45, 2.75) is 31.2 Å². The fourth-order valence-electron chi connectivity index (χ4n) is 4.50. The lowest BCUT2D eigenvalue weighted by atomic mass is 9.99. The largest absolute Gasteiger partial charge is 0.475 e. The van der Waals surface area contributed by atoms with Crippen LogP contribution in [0.15, 0.2) is 35.6 Å². The van der Waals surface area contributed by atoms with Gasteiger partial charge in [-0.1, -0.05) is 35.5 Å². The number of ether oxygens (including phenoxy) is 1. The molecule has 0 bridgehead atoms. The van der Waals surface area contributed by atoms with E-state index >= 15 is 4.39 Å². The van der Waals surface area contributed by atoms with Gasteiger partial charge in [0.05, 0.1) is 23.2 Å². The van der Waals surface area contributed by atoms with Crippen molar-refractivity contribution in [2.75, 3.05) is 30.0 Å². The van der Waals surface area contributed by atoms with Crippen LogP contribution in [0, 0.1) is 12.7 Å². The Hall–Kier alpha value is -3.38. The molecule has 198 valence electrons. The zero-order chi connectivity index (χ0) is 27.4. The van der Waals surface area contributed by atoms with Gasteiger partial charge in [0.15, 0.2) is 11.0 Å². The van der Waals surface area contributed by atoms with Gasteiger partial charge >= 0.3 is 6.18 Å². The number of aromatic nitrogens is 4. The number of nitrogens with zero attached hydrogens (tertiary/aromatic N) is 5. The van der Waals surface area contributed by atoms with Crippen LogP contribution in [-0.2, 0) is 6.18 Å². The van der Waals surface area contributed by atoms with Gasteiger partial charge in [-0.15, -0.1) is 0 Å². The Morgan fingerprint density at radius 3 is 2.63 bits per heavy atom. The van der Waals surface area contributed by atoms with Gasteiger partial charge in [-0.2, -0.15) is 13.2 Å². The average molecular weight is 565 g/mol. The van der Waals surface area contributed by atoms with Crippen molar-refractivity contribution in [3.8, 4) is 17.1 Å². The van der Waals surface area contributed by atoms with Crippen LogP contribution >= 0.6 is 23.4 Å². The number of thioether (sulfide) groups is 1. The Labute approximate surface area is 224 Å². The summed E-state index contributed by atoms with van der Waals surface area (Å²) in [5, 5.41) is 0.111. The lowest BCUT2D eigenvalue weighted by Gasteiger charge is -2.30. The second-order valence-corrected chi connectivity index (χ2v) is 9.80. The molecule has 0 saturated heterocycles. The summed E-state index contributed by atoms with van der Waals surface area (Å²) < 4.78 is 64.0. The van der Waals surface area contributed by atoms with E-state index < -0.39 is 28.8 Å². The van der Waals surface area contributed by atoms with Gasteiger partial charge in [-0.25, -0.2) is 24.3 Å². The minimum absolute atomic E-state index is 0.0846. The van der Waals surface area contributed by atoms with E-state index in [9.17, 15) is 13.2 Å². The molecular formula is C25H21ClF4N6OS. The summed E-state index contributed by atoms with van der Waals surface area (Å²) in [4.78, 5) is 19.2. The molecule has 0 radical (unpaired) electrons. The van der Waals surface area contributed by atoms with Crippen molar-refractivity contribution < 1.29 is 22.3 Å². The molecule has 2 N–H and O–H groups in total. The number of nitrogen functional groups attached to an aromatic ring is 1. The number of benzene rings is 1. The van der Waals surface area contributed by atoms with Crippen molar-refractivity contribution in [1.29, 1.82) is 0 Å². The van der Waals surface area contributed by atoms with Crippen molar-refractivity contribution in [3.05, 3.63) is 58.0 Å². The molecule has 1 atom stereocenters. The highest BCUT2D eigenvalue weighted by molar-refractivity contribution is 7.98. The Balaban J connectivity index is 1.81. The highest BCUT2D eigenvalue weighted by Gasteiger charge is 2.38. The maximum absolute atomic E-state index is 16.2. The molecule has 1 aliphatic heterocycles. The molecule has 4 aromatic rings. The number of rotatable bonds is 4. The van der Waals surface area contributed by atoms with Crippen LogP contribution in [-0.4, -0.2) is 39.3 Å². The van der Waals surface area contributed by atoms with E-state index in [1.807, 2.05) is 17.9 Å². The highest BCUT2D eigenvalue weighted by Crippen LogP contribution is 2.46. The van der Waals surface area contributed by atoms with E-state index in [1.54, 1.807) is 18.5 Å². The van der Waals surface area contributed by atoms with E-state index in [2.05, 4.69) is 19.9 Å². The SMILES string of the molecule is CSc1nc2c3c(nc(-c4c(C(F)(F)F)ccc(C)c4Cl)c(F)c3n1)OCCN2[C@H](C)c1cccnc1N. The fourth-order valence-corrected chi connectivity index (χ4v) is 5.11. The molecule has 1 aromatic carbocycles. The third kappa shape index (κ3) is 4.35. The third-order valence-electron chi connectivity index (χ3n) is 6.40. The molecule has 3 aromatic heterocycles. The summed E-state index contributed by atoms with van der Waals surface area (Å²) in [6.45, 7) is 3.83. The first kappa shape index (κ1) is 26.2. The number of hydrogen-bond donors (Lipinski definition) is 1. The Bertz CT molecular complexity index is 1570. The Kier molecular flexibility index (Phi) is 6.72. The normalized spacial score (nSPS) is 14.4. The Morgan fingerprint density at radius 1 is 1.18 bits per heavy atom. The second kappa shape index (κ2) is 9.73. The standard InChI is InChI=1S/C25H21ClF4N6OS/c1-11-6-7-14(25(28,29)30)15(17(11)26)19-18(27)20-16-22(35-24(34-20)38-3)36(9-10-37-23(16)33-19)12(2)13-5-4-8-32-21(13)31/h4-8,12H,9-10H2,1-3H3,(H2,31,32)/t12-/m1/s1. The first-order valence-corrected chi connectivity index (χ1v) is 13.0. The predicted molar refractivity (Wildman–Crippen MR) is 139 cm³/mol. The zero-order valence-corrected chi connectivity index (χ0v) is 22.0. The second-order valence-electron chi connectivity index (χ2n) is 8.65. The molecule has 7 nitrogen and oxygen atoms in total. The lowest BCUT2D eigenvalue weighted by Crippen LogP contribution is -2.31. The van der Waals surface area contributed by atoms with Gasteiger partial charge in [-0.05, 0) is 37.8 Å². The summed E-state index contributed by atoms with van der Waals surface area (Å²) in [7, 11) is 0. The maximum Gasteiger partial charge on any atom is 0.417 e. The molecule has 0 unspecified atom stereocenters. The molecule has 0 amide bonds. The fraction of sp³-hybridized carbons (Fsp3) is 0.280. The summed E-state index contributed by atoms with van der Waals surface area (Å²) in [6, 6.07) is 5.32. The third-order valence-corrected chi connectivity index (χ3v) is 7.44. The number of pyridine rings is 2. The van der Waals surface area contributed by atoms with Crippen LogP contribution in [0.25, 0.3) is 22.2 Å². The number of halogens is 5. The molecule has 13 heteroatoms. The molecule has 1 aliphatic rings. The lowest BCUT2D eigenvalue weighted by molar-refractivity contribution is -0.137. The van der Waals surface area contributed by atoms with Crippen molar-refractivity contribution in [3.63, 3.8) is 0 Å². The van der Waals surface area contributed by atoms with Crippen molar-refractivity contribution >= 4 is 45.9 Å². The molecule has 0 spiro atoms. The van der Waals surface area contributed by atoms with Gasteiger partial charge in [-0.3, -0.25) is 0 Å². The molecule has 4 heterocycles. The molecule has 0 aliphatic carbocycles. The minimum atomic E-state index is -4.80. The van der Waals surface area contributed by atoms with E-state index in [-0.39, 0.29) is 39.6 Å². The molecule has 38 heavy (non-hydrogen) atoms. The van der Waals surface area contributed by atoms with Crippen LogP contribution < -0.4 is 15.4 Å². The van der Waals surface area contributed by atoms with Crippen LogP contribution in [0.3, 0.4) is 0 Å². The monoisotopic (exact) mass is 564 g/mol. The quantitative estimate of drug-likeness (QED) is 0.171. The summed E-state index contributed by atoms with van der Waals surface area (Å²) in [5.41, 5.74) is 4.69. The molecule has 0 saturated carbocycles. The molecular weight excluding hydrogens is 544 g/mol. The number of anilines is 2. The van der Waals surface area contributed by atoms with Crippen LogP contribution in [0.4, 0.5) is 29.2 Å². The van der Waals surface area contributed by atoms with Crippen molar-refractivity contribution in [1.82, 2.24) is 19.9 Å². The van der Waals surface area contributed by atoms with Crippen LogP contribution in [0.5, 0.6) is 5.88 Å². The Morgan fingerprint density at radius 2 is 1.95 bits per heavy atom. The predicted octanol–water partition coefficient (Wildman–Crippen LogP) is 6.47. The zero-order valence-electron chi connectivity index (χ0n) is 20.4. The summed E-state index contributed by atoms with van der Waals surface area (Å²) >= 11 is 7.50. The smallest absolute Gasteiger partial charge is 0.417 e. The minimum Gasteiger partial charge on any atom is -0.475 e. The summed E-state index contributed by atoms with van der Waals surface area (Å²) in [6.07, 6.45) is -1.51. The van der Waals surface area contributed by atoms with Gasteiger partial charge in [0, 0.05) is 17.3 Å². The number of hydrogen-bond acceptors (Lipinski definition) is 8. The number of nitrogens with two attached hydrogens (primary N) is 1. The van der Waals surface area contributed by atoms with E-state index in [4.69, 9.17) is 22.1 Å². The summed E-state index contributed by atoms with van der Waals surface area (Å²) in [5.74, 6) is -0.487. The average Bonchev–Trinajstić information content (AvgIpc) is 3.06. The number of alkyl halides is 3. The van der Waals surface area contributed by atoms with Gasteiger partial charge in [0.1, 0.15) is 34.8 Å². The topological polar surface area (TPSA) is 90.0 Å². The maximum atomic E-state index is 16.2. The van der Waals surface area contributed by atoms with Gasteiger partial charge in [0.2, 0.25) is 5.88 Å².